The Hall–Kier alpha value is -1.02. The number of phenolic OH excluding ortho intramolecular Hbond substituents is 1. The smallest absolute Gasteiger partial charge is 0.115 e. The van der Waals surface area contributed by atoms with Crippen LogP contribution >= 0.6 is 0 Å². The molecule has 0 unspecified atom stereocenters. The zero-order chi connectivity index (χ0) is 11.4. The van der Waals surface area contributed by atoms with E-state index in [1.165, 1.54) is 31.4 Å². The molecule has 0 aromatic heterocycles. The highest BCUT2D eigenvalue weighted by Gasteiger charge is 2.67. The average molecular weight is 217 g/mol. The van der Waals surface area contributed by atoms with Crippen LogP contribution in [0.1, 0.15) is 24.8 Å². The first-order chi connectivity index (χ1) is 7.54. The molecular formula is C14H19NO. The number of aromatic hydroxyl groups is 1. The van der Waals surface area contributed by atoms with Gasteiger partial charge in [0.05, 0.1) is 0 Å². The summed E-state index contributed by atoms with van der Waals surface area (Å²) in [4.78, 5) is 2.31. The second-order valence-electron chi connectivity index (χ2n) is 6.10. The van der Waals surface area contributed by atoms with Crippen LogP contribution in [0.5, 0.6) is 5.75 Å². The van der Waals surface area contributed by atoms with Crippen molar-refractivity contribution < 1.29 is 5.11 Å². The van der Waals surface area contributed by atoms with Gasteiger partial charge in [-0.2, -0.15) is 0 Å². The first-order valence-corrected chi connectivity index (χ1v) is 5.98. The molecule has 3 aliphatic carbocycles. The molecule has 0 spiro atoms. The number of phenols is 1. The fraction of sp³-hybridized carbons (Fsp3) is 0.571. The third kappa shape index (κ3) is 1.29. The summed E-state index contributed by atoms with van der Waals surface area (Å²) in [6.07, 6.45) is 4.01. The molecule has 0 atom stereocenters. The maximum Gasteiger partial charge on any atom is 0.115 e. The lowest BCUT2D eigenvalue weighted by atomic mass is 9.33. The highest BCUT2D eigenvalue weighted by Crippen LogP contribution is 2.73. The van der Waals surface area contributed by atoms with Gasteiger partial charge in [-0.1, -0.05) is 12.1 Å². The molecule has 0 amide bonds. The molecule has 3 aliphatic rings. The highest BCUT2D eigenvalue weighted by molar-refractivity contribution is 5.41. The van der Waals surface area contributed by atoms with E-state index in [4.69, 9.17) is 0 Å². The molecule has 86 valence electrons. The van der Waals surface area contributed by atoms with E-state index in [0.29, 0.717) is 16.6 Å². The van der Waals surface area contributed by atoms with Crippen LogP contribution in [-0.2, 0) is 5.41 Å². The van der Waals surface area contributed by atoms with Crippen molar-refractivity contribution in [2.45, 2.75) is 24.7 Å². The van der Waals surface area contributed by atoms with Crippen LogP contribution in [-0.4, -0.2) is 30.6 Å². The van der Waals surface area contributed by atoms with Gasteiger partial charge in [-0.15, -0.1) is 0 Å². The van der Waals surface area contributed by atoms with Crippen LogP contribution in [0.2, 0.25) is 0 Å². The third-order valence-electron chi connectivity index (χ3n) is 4.27. The summed E-state index contributed by atoms with van der Waals surface area (Å²) < 4.78 is 0. The number of hydrogen-bond donors (Lipinski definition) is 1. The zero-order valence-corrected chi connectivity index (χ0v) is 10.0. The predicted molar refractivity (Wildman–Crippen MR) is 64.6 cm³/mol. The molecule has 2 bridgehead atoms. The Morgan fingerprint density at radius 2 is 1.69 bits per heavy atom. The lowest BCUT2D eigenvalue weighted by Crippen LogP contribution is -2.67. The van der Waals surface area contributed by atoms with Crippen molar-refractivity contribution in [3.05, 3.63) is 29.8 Å². The first-order valence-electron chi connectivity index (χ1n) is 5.98. The van der Waals surface area contributed by atoms with Gasteiger partial charge in [0.15, 0.2) is 0 Å². The van der Waals surface area contributed by atoms with Crippen LogP contribution in [0, 0.1) is 5.41 Å². The van der Waals surface area contributed by atoms with Gasteiger partial charge in [0, 0.05) is 6.54 Å². The molecule has 16 heavy (non-hydrogen) atoms. The summed E-state index contributed by atoms with van der Waals surface area (Å²) in [6.45, 7) is 1.23. The minimum absolute atomic E-state index is 0.373. The fourth-order valence-electron chi connectivity index (χ4n) is 3.96. The summed E-state index contributed by atoms with van der Waals surface area (Å²) in [6, 6.07) is 7.81. The van der Waals surface area contributed by atoms with Crippen molar-refractivity contribution in [2.75, 3.05) is 20.6 Å². The third-order valence-corrected chi connectivity index (χ3v) is 4.27. The largest absolute Gasteiger partial charge is 0.508 e. The van der Waals surface area contributed by atoms with Crippen molar-refractivity contribution in [3.8, 4) is 5.75 Å². The molecule has 0 saturated heterocycles. The Kier molecular flexibility index (Phi) is 1.91. The summed E-state index contributed by atoms with van der Waals surface area (Å²) >= 11 is 0. The Morgan fingerprint density at radius 1 is 1.12 bits per heavy atom. The van der Waals surface area contributed by atoms with Crippen LogP contribution in [0.15, 0.2) is 24.3 Å². The molecule has 1 aromatic rings. The molecule has 4 rings (SSSR count). The minimum Gasteiger partial charge on any atom is -0.508 e. The number of rotatable bonds is 3. The van der Waals surface area contributed by atoms with Crippen molar-refractivity contribution >= 4 is 0 Å². The maximum absolute atomic E-state index is 9.29. The van der Waals surface area contributed by atoms with Gasteiger partial charge in [-0.3, -0.25) is 0 Å². The standard InChI is InChI=1S/C14H19NO/c1-15(2)10-13-7-14(8-13,9-13)11-3-5-12(16)6-4-11/h3-6,16H,7-10H2,1-2H3. The van der Waals surface area contributed by atoms with Gasteiger partial charge in [0.2, 0.25) is 0 Å². The van der Waals surface area contributed by atoms with Crippen molar-refractivity contribution in [2.24, 2.45) is 5.41 Å². The molecule has 1 aromatic carbocycles. The van der Waals surface area contributed by atoms with E-state index in [-0.39, 0.29) is 0 Å². The van der Waals surface area contributed by atoms with Crippen LogP contribution in [0.3, 0.4) is 0 Å². The van der Waals surface area contributed by atoms with E-state index in [1.807, 2.05) is 12.1 Å². The van der Waals surface area contributed by atoms with E-state index in [1.54, 1.807) is 0 Å². The Labute approximate surface area is 96.9 Å². The van der Waals surface area contributed by atoms with Gasteiger partial charge < -0.3 is 10.0 Å². The summed E-state index contributed by atoms with van der Waals surface area (Å²) in [5.74, 6) is 0.373. The van der Waals surface area contributed by atoms with Crippen LogP contribution < -0.4 is 0 Å². The van der Waals surface area contributed by atoms with Crippen molar-refractivity contribution in [1.29, 1.82) is 0 Å². The topological polar surface area (TPSA) is 23.5 Å². The molecule has 3 fully saturated rings. The SMILES string of the molecule is CN(C)CC12CC(c3ccc(O)cc3)(C1)C2. The second-order valence-corrected chi connectivity index (χ2v) is 6.10. The zero-order valence-electron chi connectivity index (χ0n) is 10.0. The fourth-order valence-corrected chi connectivity index (χ4v) is 3.96. The minimum atomic E-state index is 0.373. The Morgan fingerprint density at radius 3 is 2.19 bits per heavy atom. The molecular weight excluding hydrogens is 198 g/mol. The lowest BCUT2D eigenvalue weighted by Gasteiger charge is -2.72. The van der Waals surface area contributed by atoms with Crippen molar-refractivity contribution in [1.82, 2.24) is 4.90 Å². The van der Waals surface area contributed by atoms with Gasteiger partial charge in [0.25, 0.3) is 0 Å². The van der Waals surface area contributed by atoms with E-state index in [9.17, 15) is 5.11 Å². The first kappa shape index (κ1) is 10.2. The monoisotopic (exact) mass is 217 g/mol. The lowest BCUT2D eigenvalue weighted by molar-refractivity contribution is -0.151. The molecule has 2 nitrogen and oxygen atoms in total. The van der Waals surface area contributed by atoms with E-state index >= 15 is 0 Å². The van der Waals surface area contributed by atoms with E-state index < -0.39 is 0 Å². The molecule has 3 saturated carbocycles. The molecule has 1 N–H and O–H groups in total. The highest BCUT2D eigenvalue weighted by atomic mass is 16.3. The molecule has 0 heterocycles. The molecule has 0 radical (unpaired) electrons. The number of nitrogens with zero attached hydrogens (tertiary/aromatic N) is 1. The van der Waals surface area contributed by atoms with Gasteiger partial charge in [-0.05, 0) is 61.9 Å². The number of benzene rings is 1. The van der Waals surface area contributed by atoms with Crippen LogP contribution in [0.25, 0.3) is 0 Å². The molecule has 2 heteroatoms. The van der Waals surface area contributed by atoms with Gasteiger partial charge in [0.1, 0.15) is 5.75 Å². The Balaban J connectivity index is 1.71. The average Bonchev–Trinajstić information content (AvgIpc) is 2.10. The summed E-state index contributed by atoms with van der Waals surface area (Å²) in [5.41, 5.74) is 2.50. The summed E-state index contributed by atoms with van der Waals surface area (Å²) in [5, 5.41) is 9.29. The summed E-state index contributed by atoms with van der Waals surface area (Å²) in [7, 11) is 4.32. The van der Waals surface area contributed by atoms with Gasteiger partial charge in [-0.25, -0.2) is 0 Å². The van der Waals surface area contributed by atoms with Gasteiger partial charge >= 0.3 is 0 Å². The predicted octanol–water partition coefficient (Wildman–Crippen LogP) is 2.38. The molecule has 0 aliphatic heterocycles. The van der Waals surface area contributed by atoms with E-state index in [0.717, 1.165) is 0 Å². The quantitative estimate of drug-likeness (QED) is 0.840. The Bertz CT molecular complexity index is 387. The van der Waals surface area contributed by atoms with Crippen LogP contribution in [0.4, 0.5) is 0 Å². The van der Waals surface area contributed by atoms with E-state index in [2.05, 4.69) is 31.1 Å². The normalized spacial score (nSPS) is 35.7. The van der Waals surface area contributed by atoms with Crippen molar-refractivity contribution in [3.63, 3.8) is 0 Å². The number of hydrogen-bond acceptors (Lipinski definition) is 2. The second kappa shape index (κ2) is 3.01. The maximum atomic E-state index is 9.29.